The van der Waals surface area contributed by atoms with Crippen molar-refractivity contribution >= 4 is 17.9 Å². The molecule has 236 valence electrons. The summed E-state index contributed by atoms with van der Waals surface area (Å²) in [6.07, 6.45) is -1.45. The lowest BCUT2D eigenvalue weighted by Crippen LogP contribution is -2.24. The van der Waals surface area contributed by atoms with E-state index in [2.05, 4.69) is 10.6 Å². The maximum atomic E-state index is 13.6. The number of ether oxygens (including phenoxy) is 3. The number of nitrogens with one attached hydrogen (secondary N) is 2. The molecule has 0 aliphatic rings. The first-order chi connectivity index (χ1) is 21.6. The van der Waals surface area contributed by atoms with Gasteiger partial charge in [0.25, 0.3) is 5.91 Å². The average Bonchev–Trinajstić information content (AvgIpc) is 3.43. The number of methoxy groups -OCH3 is 3. The molecule has 1 heterocycles. The number of hydrogen-bond donors (Lipinski definition) is 2. The Kier molecular flexibility index (Phi) is 10.6. The lowest BCUT2D eigenvalue weighted by Gasteiger charge is -2.11. The van der Waals surface area contributed by atoms with Crippen molar-refractivity contribution in [2.75, 3.05) is 21.3 Å². The molecule has 0 spiro atoms. The highest BCUT2D eigenvalue weighted by Gasteiger charge is 2.31. The molecule has 0 fully saturated rings. The quantitative estimate of drug-likeness (QED) is 0.169. The highest BCUT2D eigenvalue weighted by molar-refractivity contribution is 6.02. The van der Waals surface area contributed by atoms with Crippen LogP contribution in [0.25, 0.3) is 17.4 Å². The first-order valence-corrected chi connectivity index (χ1v) is 14.0. The molecular weight excluding hydrogens is 589 g/mol. The van der Waals surface area contributed by atoms with Crippen LogP contribution in [0.4, 0.5) is 13.2 Å². The van der Waals surface area contributed by atoms with Crippen LogP contribution < -0.4 is 24.8 Å². The van der Waals surface area contributed by atoms with Gasteiger partial charge in [0, 0.05) is 30.3 Å². The van der Waals surface area contributed by atoms with Gasteiger partial charge in [-0.25, -0.2) is 0 Å². The zero-order chi connectivity index (χ0) is 32.6. The summed E-state index contributed by atoms with van der Waals surface area (Å²) in [6.45, 7) is 2.21. The summed E-state index contributed by atoms with van der Waals surface area (Å²) in [6, 6.07) is 16.8. The van der Waals surface area contributed by atoms with Gasteiger partial charge in [-0.05, 0) is 60.0 Å². The summed E-state index contributed by atoms with van der Waals surface area (Å²) < 4.78 is 61.5. The Hall–Kier alpha value is -5.19. The monoisotopic (exact) mass is 622 g/mol. The lowest BCUT2D eigenvalue weighted by atomic mass is 10.00. The maximum absolute atomic E-state index is 13.6. The molecule has 4 aromatic rings. The molecule has 0 aliphatic heterocycles. The van der Waals surface area contributed by atoms with E-state index in [4.69, 9.17) is 18.6 Å². The van der Waals surface area contributed by atoms with Gasteiger partial charge in [0.05, 0.1) is 32.5 Å². The van der Waals surface area contributed by atoms with Crippen LogP contribution in [0.15, 0.2) is 77.2 Å². The van der Waals surface area contributed by atoms with Gasteiger partial charge in [0.1, 0.15) is 17.3 Å². The van der Waals surface area contributed by atoms with E-state index < -0.39 is 23.6 Å². The average molecular weight is 623 g/mol. The van der Waals surface area contributed by atoms with Crippen molar-refractivity contribution in [3.05, 3.63) is 106 Å². The van der Waals surface area contributed by atoms with E-state index in [1.54, 1.807) is 37.4 Å². The zero-order valence-electron chi connectivity index (χ0n) is 25.2. The number of rotatable bonds is 12. The number of amides is 2. The maximum Gasteiger partial charge on any atom is 0.416 e. The number of carbonyl (C=O) groups excluding carboxylic acids is 2. The molecule has 0 atom stereocenters. The van der Waals surface area contributed by atoms with Gasteiger partial charge in [-0.2, -0.15) is 13.2 Å². The fraction of sp³-hybridized carbons (Fsp3) is 0.235. The molecule has 45 heavy (non-hydrogen) atoms. The number of hydrogen-bond acceptors (Lipinski definition) is 6. The van der Waals surface area contributed by atoms with Crippen molar-refractivity contribution in [2.45, 2.75) is 32.6 Å². The number of furan rings is 1. The van der Waals surface area contributed by atoms with Gasteiger partial charge < -0.3 is 29.3 Å². The molecule has 1 aromatic heterocycles. The minimum atomic E-state index is -4.52. The van der Waals surface area contributed by atoms with Gasteiger partial charge in [-0.15, -0.1) is 0 Å². The first kappa shape index (κ1) is 32.7. The van der Waals surface area contributed by atoms with E-state index >= 15 is 0 Å². The Morgan fingerprint density at radius 2 is 1.47 bits per heavy atom. The van der Waals surface area contributed by atoms with Crippen LogP contribution in [0.1, 0.15) is 45.3 Å². The van der Waals surface area contributed by atoms with Crippen molar-refractivity contribution in [2.24, 2.45) is 0 Å². The van der Waals surface area contributed by atoms with E-state index in [0.29, 0.717) is 29.2 Å². The van der Waals surface area contributed by atoms with Crippen LogP contribution >= 0.6 is 0 Å². The minimum Gasteiger partial charge on any atom is -0.497 e. The van der Waals surface area contributed by atoms with E-state index in [1.165, 1.54) is 38.5 Å². The minimum absolute atomic E-state index is 0.0867. The van der Waals surface area contributed by atoms with Crippen LogP contribution in [-0.2, 0) is 30.5 Å². The molecule has 2 amide bonds. The first-order valence-electron chi connectivity index (χ1n) is 14.0. The molecule has 0 aliphatic carbocycles. The molecule has 2 N–H and O–H groups in total. The molecule has 0 radical (unpaired) electrons. The second kappa shape index (κ2) is 14.5. The van der Waals surface area contributed by atoms with Gasteiger partial charge in [-0.1, -0.05) is 37.3 Å². The summed E-state index contributed by atoms with van der Waals surface area (Å²) in [5, 5.41) is 5.64. The molecule has 3 aromatic carbocycles. The van der Waals surface area contributed by atoms with Crippen molar-refractivity contribution in [1.82, 2.24) is 10.6 Å². The van der Waals surface area contributed by atoms with E-state index in [1.807, 2.05) is 19.1 Å². The molecule has 4 rings (SSSR count). The van der Waals surface area contributed by atoms with Crippen molar-refractivity contribution in [1.29, 1.82) is 0 Å². The summed E-state index contributed by atoms with van der Waals surface area (Å²) in [5.74, 6) is 1.15. The Morgan fingerprint density at radius 3 is 2.07 bits per heavy atom. The van der Waals surface area contributed by atoms with Gasteiger partial charge >= 0.3 is 6.18 Å². The van der Waals surface area contributed by atoms with E-state index in [-0.39, 0.29) is 35.7 Å². The predicted molar refractivity (Wildman–Crippen MR) is 163 cm³/mol. The third-order valence-electron chi connectivity index (χ3n) is 7.01. The number of alkyl halides is 3. The Bertz CT molecular complexity index is 1660. The van der Waals surface area contributed by atoms with Gasteiger partial charge in [0.2, 0.25) is 5.91 Å². The smallest absolute Gasteiger partial charge is 0.416 e. The van der Waals surface area contributed by atoms with E-state index in [9.17, 15) is 22.8 Å². The number of halogens is 3. The standard InChI is InChI=1S/C34H33F3N2O6/c1-5-26-27(16-17-30(40)38-19-21-6-13-25(42-2)14-7-21)45-32(23-9-11-24(12-10-23)34(35,36)37)31(26)33(41)39-20-22-8-15-28(43-3)29(18-22)44-4/h6-18H,5,19-20H2,1-4H3,(H,38,40)(H,39,41)/b17-16+. The highest BCUT2D eigenvalue weighted by Crippen LogP contribution is 2.36. The predicted octanol–water partition coefficient (Wildman–Crippen LogP) is 6.81. The largest absolute Gasteiger partial charge is 0.497 e. The second-order valence-corrected chi connectivity index (χ2v) is 9.85. The number of benzene rings is 3. The summed E-state index contributed by atoms with van der Waals surface area (Å²) in [7, 11) is 4.59. The third kappa shape index (κ3) is 8.05. The third-order valence-corrected chi connectivity index (χ3v) is 7.01. The van der Waals surface area contributed by atoms with Crippen LogP contribution in [0.5, 0.6) is 17.2 Å². The van der Waals surface area contributed by atoms with E-state index in [0.717, 1.165) is 23.3 Å². The van der Waals surface area contributed by atoms with Crippen molar-refractivity contribution < 1.29 is 41.4 Å². The Balaban J connectivity index is 1.62. The summed E-state index contributed by atoms with van der Waals surface area (Å²) in [4.78, 5) is 26.3. The molecule has 0 saturated carbocycles. The van der Waals surface area contributed by atoms with Crippen LogP contribution in [0.3, 0.4) is 0 Å². The van der Waals surface area contributed by atoms with Crippen molar-refractivity contribution in [3.8, 4) is 28.6 Å². The summed E-state index contributed by atoms with van der Waals surface area (Å²) in [5.41, 5.74) is 1.69. The second-order valence-electron chi connectivity index (χ2n) is 9.85. The topological polar surface area (TPSA) is 99.0 Å². The number of carbonyl (C=O) groups is 2. The molecule has 8 nitrogen and oxygen atoms in total. The zero-order valence-corrected chi connectivity index (χ0v) is 25.2. The molecular formula is C34H33F3N2O6. The molecule has 0 saturated heterocycles. The molecule has 0 unspecified atom stereocenters. The van der Waals surface area contributed by atoms with Crippen molar-refractivity contribution in [3.63, 3.8) is 0 Å². The Labute approximate surface area is 258 Å². The highest BCUT2D eigenvalue weighted by atomic mass is 19.4. The van der Waals surface area contributed by atoms with Crippen LogP contribution in [0, 0.1) is 0 Å². The summed E-state index contributed by atoms with van der Waals surface area (Å²) >= 11 is 0. The Morgan fingerprint density at radius 1 is 0.822 bits per heavy atom. The van der Waals surface area contributed by atoms with Crippen LogP contribution in [0.2, 0.25) is 0 Å². The van der Waals surface area contributed by atoms with Gasteiger partial charge in [-0.3, -0.25) is 9.59 Å². The normalized spacial score (nSPS) is 11.4. The molecule has 11 heteroatoms. The lowest BCUT2D eigenvalue weighted by molar-refractivity contribution is -0.137. The molecule has 0 bridgehead atoms. The van der Waals surface area contributed by atoms with Crippen LogP contribution in [-0.4, -0.2) is 33.1 Å². The SMILES string of the molecule is CCc1c(/C=C/C(=O)NCc2ccc(OC)cc2)oc(-c2ccc(C(F)(F)F)cc2)c1C(=O)NCc1ccc(OC)c(OC)c1. The fourth-order valence-corrected chi connectivity index (χ4v) is 4.63. The van der Waals surface area contributed by atoms with Gasteiger partial charge in [0.15, 0.2) is 11.5 Å². The fourth-order valence-electron chi connectivity index (χ4n) is 4.63.